The van der Waals surface area contributed by atoms with E-state index in [1.165, 1.54) is 28.6 Å². The molecule has 3 rings (SSSR count). The molecule has 29 heavy (non-hydrogen) atoms. The van der Waals surface area contributed by atoms with Crippen molar-refractivity contribution in [1.29, 1.82) is 0 Å². The van der Waals surface area contributed by atoms with Crippen LogP contribution in [0.2, 0.25) is 5.02 Å². The van der Waals surface area contributed by atoms with Gasteiger partial charge in [-0.2, -0.15) is 0 Å². The minimum atomic E-state index is -3.52. The lowest BCUT2D eigenvalue weighted by atomic mass is 10.1. The van der Waals surface area contributed by atoms with Crippen LogP contribution in [0.25, 0.3) is 0 Å². The van der Waals surface area contributed by atoms with Gasteiger partial charge in [-0.05, 0) is 48.0 Å². The molecule has 0 radical (unpaired) electrons. The molecule has 0 fully saturated rings. The monoisotopic (exact) mass is 432 g/mol. The van der Waals surface area contributed by atoms with Crippen molar-refractivity contribution in [2.24, 2.45) is 0 Å². The maximum absolute atomic E-state index is 13.2. The Morgan fingerprint density at radius 3 is 2.28 bits per heavy atom. The molecule has 0 aliphatic rings. The zero-order valence-corrected chi connectivity index (χ0v) is 17.0. The van der Waals surface area contributed by atoms with E-state index >= 15 is 0 Å². The van der Waals surface area contributed by atoms with Crippen molar-refractivity contribution in [3.63, 3.8) is 0 Å². The van der Waals surface area contributed by atoms with Gasteiger partial charge < -0.3 is 5.32 Å². The molecule has 8 heteroatoms. The molecule has 5 nitrogen and oxygen atoms in total. The number of carbonyl (C=O) groups excluding carboxylic acids is 1. The summed E-state index contributed by atoms with van der Waals surface area (Å²) in [5, 5.41) is 2.53. The lowest BCUT2D eigenvalue weighted by Gasteiger charge is -2.22. The number of rotatable bonds is 6. The molecule has 150 valence electrons. The van der Waals surface area contributed by atoms with Crippen LogP contribution in [0.3, 0.4) is 0 Å². The first-order valence-electron chi connectivity index (χ1n) is 8.62. The molecule has 3 aromatic carbocycles. The summed E-state index contributed by atoms with van der Waals surface area (Å²) >= 11 is 5.72. The molecule has 1 amide bonds. The summed E-state index contributed by atoms with van der Waals surface area (Å²) in [5.41, 5.74) is 1.96. The summed E-state index contributed by atoms with van der Waals surface area (Å²) in [6.45, 7) is 0.180. The fourth-order valence-electron chi connectivity index (χ4n) is 2.71. The van der Waals surface area contributed by atoms with Gasteiger partial charge in [0.25, 0.3) is 5.91 Å². The Balaban J connectivity index is 1.79. The van der Waals surface area contributed by atoms with E-state index in [1.807, 2.05) is 30.3 Å². The first kappa shape index (κ1) is 20.8. The summed E-state index contributed by atoms with van der Waals surface area (Å²) in [4.78, 5) is 12.4. The molecule has 0 saturated carbocycles. The average molecular weight is 433 g/mol. The summed E-state index contributed by atoms with van der Waals surface area (Å²) in [6.07, 6.45) is 1.13. The quantitative estimate of drug-likeness (QED) is 0.614. The highest BCUT2D eigenvalue weighted by molar-refractivity contribution is 7.92. The Morgan fingerprint density at radius 1 is 1.03 bits per heavy atom. The zero-order chi connectivity index (χ0) is 21.0. The van der Waals surface area contributed by atoms with Gasteiger partial charge in [0.15, 0.2) is 0 Å². The Hall–Kier alpha value is -2.90. The summed E-state index contributed by atoms with van der Waals surface area (Å²) in [5.74, 6) is -0.999. The van der Waals surface area contributed by atoms with E-state index in [2.05, 4.69) is 5.32 Å². The van der Waals surface area contributed by atoms with Crippen LogP contribution in [0.15, 0.2) is 72.8 Å². The van der Waals surface area contributed by atoms with Gasteiger partial charge in [-0.25, -0.2) is 12.8 Å². The minimum absolute atomic E-state index is 0.0946. The van der Waals surface area contributed by atoms with E-state index in [1.54, 1.807) is 12.1 Å². The Bertz CT molecular complexity index is 1120. The van der Waals surface area contributed by atoms with Gasteiger partial charge >= 0.3 is 0 Å². The van der Waals surface area contributed by atoms with Crippen molar-refractivity contribution in [2.75, 3.05) is 15.9 Å². The highest BCUT2D eigenvalue weighted by Gasteiger charge is 2.18. The summed E-state index contributed by atoms with van der Waals surface area (Å²) < 4.78 is 39.0. The van der Waals surface area contributed by atoms with E-state index < -0.39 is 21.7 Å². The highest BCUT2D eigenvalue weighted by atomic mass is 35.5. The smallest absolute Gasteiger partial charge is 0.255 e. The molecular formula is C21H18ClFN2O3S. The normalized spacial score (nSPS) is 11.1. The second-order valence-corrected chi connectivity index (χ2v) is 8.70. The number of hydrogen-bond acceptors (Lipinski definition) is 3. The summed E-state index contributed by atoms with van der Waals surface area (Å²) in [6, 6.07) is 19.3. The number of halogens is 2. The van der Waals surface area contributed by atoms with Crippen LogP contribution in [-0.4, -0.2) is 20.6 Å². The van der Waals surface area contributed by atoms with Crippen LogP contribution in [0.4, 0.5) is 15.8 Å². The third-order valence-electron chi connectivity index (χ3n) is 4.16. The largest absolute Gasteiger partial charge is 0.322 e. The molecule has 0 spiro atoms. The first-order chi connectivity index (χ1) is 13.7. The second-order valence-electron chi connectivity index (χ2n) is 6.39. The third kappa shape index (κ3) is 5.34. The lowest BCUT2D eigenvalue weighted by molar-refractivity contribution is 0.102. The topological polar surface area (TPSA) is 66.5 Å². The Kier molecular flexibility index (Phi) is 6.20. The van der Waals surface area contributed by atoms with Gasteiger partial charge in [-0.1, -0.05) is 41.9 Å². The maximum atomic E-state index is 13.2. The average Bonchev–Trinajstić information content (AvgIpc) is 2.69. The third-order valence-corrected chi connectivity index (χ3v) is 5.59. The van der Waals surface area contributed by atoms with E-state index in [4.69, 9.17) is 11.6 Å². The van der Waals surface area contributed by atoms with Crippen molar-refractivity contribution in [2.45, 2.75) is 6.54 Å². The van der Waals surface area contributed by atoms with Crippen LogP contribution in [-0.2, 0) is 16.6 Å². The van der Waals surface area contributed by atoms with Crippen molar-refractivity contribution < 1.29 is 17.6 Å². The molecule has 1 N–H and O–H groups in total. The predicted octanol–water partition coefficient (Wildman–Crippen LogP) is 4.70. The van der Waals surface area contributed by atoms with E-state index in [9.17, 15) is 17.6 Å². The Morgan fingerprint density at radius 2 is 1.69 bits per heavy atom. The Labute approximate surface area is 173 Å². The van der Waals surface area contributed by atoms with E-state index in [-0.39, 0.29) is 11.6 Å². The van der Waals surface area contributed by atoms with Gasteiger partial charge in [0.1, 0.15) is 5.82 Å². The number of carbonyl (C=O) groups is 1. The molecule has 0 atom stereocenters. The fourth-order valence-corrected chi connectivity index (χ4v) is 3.77. The van der Waals surface area contributed by atoms with Crippen molar-refractivity contribution >= 4 is 38.9 Å². The molecule has 0 bridgehead atoms. The molecular weight excluding hydrogens is 415 g/mol. The van der Waals surface area contributed by atoms with Crippen molar-refractivity contribution in [3.8, 4) is 0 Å². The van der Waals surface area contributed by atoms with Crippen LogP contribution in [0.5, 0.6) is 0 Å². The van der Waals surface area contributed by atoms with Gasteiger partial charge in [-0.15, -0.1) is 0 Å². The zero-order valence-electron chi connectivity index (χ0n) is 15.5. The number of anilines is 2. The van der Waals surface area contributed by atoms with Crippen molar-refractivity contribution in [3.05, 3.63) is 94.8 Å². The SMILES string of the molecule is CS(=O)(=O)N(Cc1ccccc1)c1ccc(C(=O)Nc2ccc(F)c(Cl)c2)cc1. The summed E-state index contributed by atoms with van der Waals surface area (Å²) in [7, 11) is -3.52. The number of benzene rings is 3. The highest BCUT2D eigenvalue weighted by Crippen LogP contribution is 2.23. The van der Waals surface area contributed by atoms with Gasteiger partial charge in [0.2, 0.25) is 10.0 Å². The maximum Gasteiger partial charge on any atom is 0.255 e. The predicted molar refractivity (Wildman–Crippen MR) is 113 cm³/mol. The number of amides is 1. The van der Waals surface area contributed by atoms with Crippen LogP contribution in [0, 0.1) is 5.82 Å². The number of nitrogens with one attached hydrogen (secondary N) is 1. The standard InChI is InChI=1S/C21H18ClFN2O3S/c1-29(27,28)25(14-15-5-3-2-4-6-15)18-10-7-16(8-11-18)21(26)24-17-9-12-20(23)19(22)13-17/h2-13H,14H2,1H3,(H,24,26). The number of hydrogen-bond donors (Lipinski definition) is 1. The van der Waals surface area contributed by atoms with Crippen LogP contribution in [0.1, 0.15) is 15.9 Å². The number of nitrogens with zero attached hydrogens (tertiary/aromatic N) is 1. The second kappa shape index (κ2) is 8.63. The van der Waals surface area contributed by atoms with Gasteiger partial charge in [0.05, 0.1) is 23.5 Å². The van der Waals surface area contributed by atoms with Gasteiger partial charge in [-0.3, -0.25) is 9.10 Å². The van der Waals surface area contributed by atoms with E-state index in [0.717, 1.165) is 17.9 Å². The lowest BCUT2D eigenvalue weighted by Crippen LogP contribution is -2.29. The van der Waals surface area contributed by atoms with Crippen molar-refractivity contribution in [1.82, 2.24) is 0 Å². The minimum Gasteiger partial charge on any atom is -0.322 e. The molecule has 0 heterocycles. The van der Waals surface area contributed by atoms with Crippen LogP contribution < -0.4 is 9.62 Å². The number of sulfonamides is 1. The molecule has 0 saturated heterocycles. The van der Waals surface area contributed by atoms with Gasteiger partial charge in [0, 0.05) is 11.3 Å². The van der Waals surface area contributed by atoms with E-state index in [0.29, 0.717) is 16.9 Å². The molecule has 0 aliphatic heterocycles. The fraction of sp³-hybridized carbons (Fsp3) is 0.0952. The van der Waals surface area contributed by atoms with Crippen LogP contribution >= 0.6 is 11.6 Å². The molecule has 0 aliphatic carbocycles. The first-order valence-corrected chi connectivity index (χ1v) is 10.8. The molecule has 0 unspecified atom stereocenters. The molecule has 3 aromatic rings. The molecule has 0 aromatic heterocycles.